The van der Waals surface area contributed by atoms with Crippen LogP contribution in [0, 0.1) is 11.6 Å². The Kier molecular flexibility index (Phi) is 7.90. The molecule has 1 amide bonds. The molecule has 3 aromatic heterocycles. The van der Waals surface area contributed by atoms with Crippen LogP contribution in [0.2, 0.25) is 10.0 Å². The maximum atomic E-state index is 14.2. The lowest BCUT2D eigenvalue weighted by atomic mass is 10.2. The van der Waals surface area contributed by atoms with E-state index in [-0.39, 0.29) is 53.6 Å². The summed E-state index contributed by atoms with van der Waals surface area (Å²) >= 11 is 12.4. The van der Waals surface area contributed by atoms with E-state index in [4.69, 9.17) is 23.2 Å². The first kappa shape index (κ1) is 29.4. The third-order valence-corrected chi connectivity index (χ3v) is 7.71. The summed E-state index contributed by atoms with van der Waals surface area (Å²) in [4.78, 5) is 49.3. The number of hydrogen-bond acceptors (Lipinski definition) is 8. The Morgan fingerprint density at radius 2 is 1.77 bits per heavy atom. The van der Waals surface area contributed by atoms with Gasteiger partial charge in [0.05, 0.1) is 34.3 Å². The number of benzene rings is 2. The van der Waals surface area contributed by atoms with E-state index >= 15 is 0 Å². The van der Waals surface area contributed by atoms with Gasteiger partial charge in [-0.05, 0) is 42.7 Å². The lowest BCUT2D eigenvalue weighted by Gasteiger charge is -2.16. The highest BCUT2D eigenvalue weighted by Crippen LogP contribution is 2.30. The minimum atomic E-state index is -1.23. The number of rotatable bonds is 8. The summed E-state index contributed by atoms with van der Waals surface area (Å²) in [6.45, 7) is 0.893. The molecular weight excluding hydrogens is 621 g/mol. The van der Waals surface area contributed by atoms with E-state index in [1.807, 2.05) is 0 Å². The molecule has 13 nitrogen and oxygen atoms in total. The van der Waals surface area contributed by atoms with Crippen LogP contribution in [0.4, 0.5) is 20.4 Å². The van der Waals surface area contributed by atoms with E-state index in [2.05, 4.69) is 25.5 Å². The van der Waals surface area contributed by atoms with Crippen LogP contribution in [0.15, 0.2) is 46.4 Å². The average molecular weight is 645 g/mol. The molecule has 0 unspecified atom stereocenters. The van der Waals surface area contributed by atoms with Gasteiger partial charge in [0.15, 0.2) is 17.5 Å². The molecule has 2 aromatic carbocycles. The molecule has 0 bridgehead atoms. The van der Waals surface area contributed by atoms with Gasteiger partial charge in [-0.25, -0.2) is 27.9 Å². The second-order valence-electron chi connectivity index (χ2n) is 10.3. The summed E-state index contributed by atoms with van der Waals surface area (Å²) in [6.07, 6.45) is 5.05. The van der Waals surface area contributed by atoms with Gasteiger partial charge < -0.3 is 10.2 Å². The van der Waals surface area contributed by atoms with Crippen LogP contribution in [0.25, 0.3) is 10.9 Å². The van der Waals surface area contributed by atoms with E-state index in [1.165, 1.54) is 21.8 Å². The van der Waals surface area contributed by atoms with E-state index in [1.54, 1.807) is 30.3 Å². The predicted octanol–water partition coefficient (Wildman–Crippen LogP) is 2.93. The fraction of sp³-hybridized carbons (Fsp3) is 0.296. The third-order valence-electron chi connectivity index (χ3n) is 7.12. The summed E-state index contributed by atoms with van der Waals surface area (Å²) < 4.78 is 32.9. The Morgan fingerprint density at radius 1 is 1.00 bits per heavy atom. The smallest absolute Gasteiger partial charge is 0.341 e. The molecule has 1 fully saturated rings. The van der Waals surface area contributed by atoms with Gasteiger partial charge in [-0.1, -0.05) is 23.2 Å². The summed E-state index contributed by atoms with van der Waals surface area (Å²) in [7, 11) is 1.63. The summed E-state index contributed by atoms with van der Waals surface area (Å²) in [5, 5.41) is 11.8. The average Bonchev–Trinajstić information content (AvgIpc) is 3.73. The Morgan fingerprint density at radius 3 is 2.48 bits per heavy atom. The zero-order chi connectivity index (χ0) is 31.1. The van der Waals surface area contributed by atoms with Crippen LogP contribution in [0.5, 0.6) is 0 Å². The lowest BCUT2D eigenvalue weighted by Crippen LogP contribution is -2.43. The molecule has 5 aromatic rings. The van der Waals surface area contributed by atoms with Crippen LogP contribution in [-0.2, 0) is 31.5 Å². The number of nitrogens with one attached hydrogen (secondary N) is 1. The Balaban J connectivity index is 1.37. The molecule has 1 aliphatic rings. The monoisotopic (exact) mass is 644 g/mol. The standard InChI is InChI=1S/C27H24Cl2F2N10O3/c1-37-14-32-22(36-37)12-41-26(43)34-25(40(27(41)44)10-15-6-18(29)24(31)19(30)7-15)33-21-8-16-11-39(35-20(16)9-17(21)28)13-23(42)38-4-2-3-5-38/h6-9,11,14H,2-5,10,12-13H2,1H3,(H,33,34,43). The number of carbonyl (C=O) groups excluding carboxylic acids is 1. The van der Waals surface area contributed by atoms with E-state index in [9.17, 15) is 23.2 Å². The molecule has 0 aliphatic carbocycles. The number of amides is 1. The SMILES string of the molecule is Cn1cnc(Cn2c(=O)nc(Nc3cc4cn(CC(=O)N5CCCC5)nc4cc3Cl)n(Cc3cc(F)c(F)c(Cl)c3)c2=O)n1. The fourth-order valence-corrected chi connectivity index (χ4v) is 5.42. The van der Waals surface area contributed by atoms with Crippen molar-refractivity contribution in [2.75, 3.05) is 18.4 Å². The largest absolute Gasteiger partial charge is 0.355 e. The van der Waals surface area contributed by atoms with E-state index < -0.39 is 28.0 Å². The molecule has 0 atom stereocenters. The normalized spacial score (nSPS) is 13.2. The highest BCUT2D eigenvalue weighted by atomic mass is 35.5. The Bertz CT molecular complexity index is 2010. The van der Waals surface area contributed by atoms with Crippen LogP contribution in [0.3, 0.4) is 0 Å². The van der Waals surface area contributed by atoms with Crippen molar-refractivity contribution >= 4 is 51.6 Å². The van der Waals surface area contributed by atoms with Gasteiger partial charge in [0.25, 0.3) is 0 Å². The minimum Gasteiger partial charge on any atom is -0.341 e. The van der Waals surface area contributed by atoms with Crippen LogP contribution < -0.4 is 16.7 Å². The van der Waals surface area contributed by atoms with Crippen molar-refractivity contribution in [3.05, 3.63) is 90.8 Å². The van der Waals surface area contributed by atoms with Crippen molar-refractivity contribution in [1.29, 1.82) is 0 Å². The highest BCUT2D eigenvalue weighted by molar-refractivity contribution is 6.34. The van der Waals surface area contributed by atoms with Crippen molar-refractivity contribution in [2.24, 2.45) is 7.05 Å². The molecule has 228 valence electrons. The topological polar surface area (TPSA) is 138 Å². The number of aryl methyl sites for hydroxylation is 1. The molecule has 1 saturated heterocycles. The molecular formula is C27H24Cl2F2N10O3. The fourth-order valence-electron chi connectivity index (χ4n) is 4.98. The van der Waals surface area contributed by atoms with Crippen LogP contribution >= 0.6 is 23.2 Å². The first-order chi connectivity index (χ1) is 21.0. The number of anilines is 2. The number of aromatic nitrogens is 8. The van der Waals surface area contributed by atoms with Crippen molar-refractivity contribution in [3.63, 3.8) is 0 Å². The van der Waals surface area contributed by atoms with Gasteiger partial charge in [0, 0.05) is 31.7 Å². The summed E-state index contributed by atoms with van der Waals surface area (Å²) in [6, 6.07) is 5.27. The molecule has 1 N–H and O–H groups in total. The van der Waals surface area contributed by atoms with Crippen LogP contribution in [0.1, 0.15) is 24.2 Å². The Hall–Kier alpha value is -4.63. The van der Waals surface area contributed by atoms with Crippen molar-refractivity contribution in [3.8, 4) is 0 Å². The van der Waals surface area contributed by atoms with Gasteiger partial charge in [-0.2, -0.15) is 15.2 Å². The first-order valence-electron chi connectivity index (χ1n) is 13.5. The number of halogens is 4. The number of fused-ring (bicyclic) bond motifs is 1. The Labute approximate surface area is 257 Å². The number of nitrogens with zero attached hydrogens (tertiary/aromatic N) is 9. The van der Waals surface area contributed by atoms with Gasteiger partial charge in [-0.3, -0.25) is 18.7 Å². The van der Waals surface area contributed by atoms with Gasteiger partial charge >= 0.3 is 11.4 Å². The summed E-state index contributed by atoms with van der Waals surface area (Å²) in [5.41, 5.74) is -0.805. The van der Waals surface area contributed by atoms with Crippen LogP contribution in [-0.4, -0.2) is 62.6 Å². The van der Waals surface area contributed by atoms with Gasteiger partial charge in [0.2, 0.25) is 11.9 Å². The van der Waals surface area contributed by atoms with Crippen molar-refractivity contribution in [1.82, 2.24) is 43.6 Å². The maximum Gasteiger partial charge on any atom is 0.355 e. The molecule has 0 saturated carbocycles. The predicted molar refractivity (Wildman–Crippen MR) is 157 cm³/mol. The zero-order valence-corrected chi connectivity index (χ0v) is 24.7. The second-order valence-corrected chi connectivity index (χ2v) is 11.1. The van der Waals surface area contributed by atoms with Gasteiger partial charge in [0.1, 0.15) is 12.9 Å². The molecule has 6 rings (SSSR count). The van der Waals surface area contributed by atoms with E-state index in [0.29, 0.717) is 10.9 Å². The summed E-state index contributed by atoms with van der Waals surface area (Å²) in [5.74, 6) is -2.50. The molecule has 4 heterocycles. The second kappa shape index (κ2) is 11.8. The highest BCUT2D eigenvalue weighted by Gasteiger charge is 2.21. The molecule has 17 heteroatoms. The molecule has 1 aliphatic heterocycles. The molecule has 44 heavy (non-hydrogen) atoms. The molecule has 0 spiro atoms. The zero-order valence-electron chi connectivity index (χ0n) is 23.2. The molecule has 0 radical (unpaired) electrons. The van der Waals surface area contributed by atoms with Crippen molar-refractivity contribution in [2.45, 2.75) is 32.5 Å². The quantitative estimate of drug-likeness (QED) is 0.255. The minimum absolute atomic E-state index is 0.0354. The third kappa shape index (κ3) is 5.92. The lowest BCUT2D eigenvalue weighted by molar-refractivity contribution is -0.130. The van der Waals surface area contributed by atoms with E-state index in [0.717, 1.165) is 41.1 Å². The number of likely N-dealkylation sites (tertiary alicyclic amines) is 1. The number of hydrogen-bond donors (Lipinski definition) is 1. The van der Waals surface area contributed by atoms with Crippen molar-refractivity contribution < 1.29 is 13.6 Å². The first-order valence-corrected chi connectivity index (χ1v) is 14.2. The maximum absolute atomic E-state index is 14.2. The number of carbonyl (C=O) groups is 1. The van der Waals surface area contributed by atoms with Gasteiger partial charge in [-0.15, -0.1) is 0 Å².